The van der Waals surface area contributed by atoms with Crippen LogP contribution in [0, 0.1) is 6.92 Å². The van der Waals surface area contributed by atoms with Crippen LogP contribution in [0.1, 0.15) is 41.3 Å². The van der Waals surface area contributed by atoms with Crippen LogP contribution in [0.4, 0.5) is 5.13 Å². The molecule has 1 N–H and O–H groups in total. The summed E-state index contributed by atoms with van der Waals surface area (Å²) in [7, 11) is 0. The molecule has 2 aromatic carbocycles. The number of nitrogens with zero attached hydrogens (tertiary/aromatic N) is 1. The Labute approximate surface area is 140 Å². The highest BCUT2D eigenvalue weighted by Crippen LogP contribution is 2.27. The van der Waals surface area contributed by atoms with Crippen LogP contribution in [0.2, 0.25) is 0 Å². The molecule has 0 aliphatic heterocycles. The predicted octanol–water partition coefficient (Wildman–Crippen LogP) is 5.20. The fraction of sp³-hybridized carbons (Fsp3) is 0.263. The zero-order valence-electron chi connectivity index (χ0n) is 13.4. The SMILES string of the molecule is CCCCc1ccc(C(=O)Nc2nc3ccc(C)cc3s2)cc1. The van der Waals surface area contributed by atoms with Crippen LogP contribution in [0.15, 0.2) is 42.5 Å². The number of thiazole rings is 1. The third kappa shape index (κ3) is 3.77. The first-order valence-corrected chi connectivity index (χ1v) is 8.75. The molecule has 0 radical (unpaired) electrons. The van der Waals surface area contributed by atoms with Crippen molar-refractivity contribution in [2.45, 2.75) is 33.1 Å². The van der Waals surface area contributed by atoms with Gasteiger partial charge in [0.15, 0.2) is 5.13 Å². The second-order valence-electron chi connectivity index (χ2n) is 5.74. The van der Waals surface area contributed by atoms with Crippen molar-refractivity contribution < 1.29 is 4.79 Å². The summed E-state index contributed by atoms with van der Waals surface area (Å²) >= 11 is 1.51. The minimum atomic E-state index is -0.109. The van der Waals surface area contributed by atoms with Crippen LogP contribution in [0.25, 0.3) is 10.2 Å². The second-order valence-corrected chi connectivity index (χ2v) is 6.78. The maximum Gasteiger partial charge on any atom is 0.257 e. The molecule has 0 aliphatic carbocycles. The fourth-order valence-corrected chi connectivity index (χ4v) is 3.42. The van der Waals surface area contributed by atoms with Crippen molar-refractivity contribution in [1.82, 2.24) is 4.98 Å². The largest absolute Gasteiger partial charge is 0.298 e. The van der Waals surface area contributed by atoms with E-state index in [2.05, 4.69) is 30.2 Å². The van der Waals surface area contributed by atoms with E-state index in [1.165, 1.54) is 35.3 Å². The van der Waals surface area contributed by atoms with Gasteiger partial charge >= 0.3 is 0 Å². The summed E-state index contributed by atoms with van der Waals surface area (Å²) in [6, 6.07) is 13.9. The molecule has 1 amide bonds. The predicted molar refractivity (Wildman–Crippen MR) is 97.4 cm³/mol. The first-order valence-electron chi connectivity index (χ1n) is 7.93. The van der Waals surface area contributed by atoms with Gasteiger partial charge < -0.3 is 0 Å². The summed E-state index contributed by atoms with van der Waals surface area (Å²) in [5, 5.41) is 3.54. The first kappa shape index (κ1) is 15.7. The number of unbranched alkanes of at least 4 members (excludes halogenated alkanes) is 1. The molecule has 0 saturated heterocycles. The lowest BCUT2D eigenvalue weighted by atomic mass is 10.1. The van der Waals surface area contributed by atoms with Crippen LogP contribution < -0.4 is 5.32 Å². The highest BCUT2D eigenvalue weighted by Gasteiger charge is 2.10. The van der Waals surface area contributed by atoms with Gasteiger partial charge in [-0.3, -0.25) is 10.1 Å². The molecule has 118 valence electrons. The van der Waals surface area contributed by atoms with E-state index >= 15 is 0 Å². The zero-order valence-corrected chi connectivity index (χ0v) is 14.2. The lowest BCUT2D eigenvalue weighted by Crippen LogP contribution is -2.11. The van der Waals surface area contributed by atoms with E-state index in [4.69, 9.17) is 0 Å². The topological polar surface area (TPSA) is 42.0 Å². The Hall–Kier alpha value is -2.20. The van der Waals surface area contributed by atoms with Gasteiger partial charge in [-0.05, 0) is 55.2 Å². The van der Waals surface area contributed by atoms with Crippen molar-refractivity contribution in [3.8, 4) is 0 Å². The Balaban J connectivity index is 1.72. The first-order chi connectivity index (χ1) is 11.2. The smallest absolute Gasteiger partial charge is 0.257 e. The van der Waals surface area contributed by atoms with E-state index in [-0.39, 0.29) is 5.91 Å². The van der Waals surface area contributed by atoms with E-state index < -0.39 is 0 Å². The number of hydrogen-bond acceptors (Lipinski definition) is 3. The summed E-state index contributed by atoms with van der Waals surface area (Å²) in [4.78, 5) is 16.8. The molecule has 0 aliphatic rings. The molecule has 0 saturated carbocycles. The number of benzene rings is 2. The van der Waals surface area contributed by atoms with Gasteiger partial charge in [0.05, 0.1) is 10.2 Å². The molecule has 1 aromatic heterocycles. The maximum atomic E-state index is 12.3. The molecule has 0 bridgehead atoms. The van der Waals surface area contributed by atoms with Crippen LogP contribution in [-0.4, -0.2) is 10.9 Å². The number of aromatic nitrogens is 1. The highest BCUT2D eigenvalue weighted by atomic mass is 32.1. The number of carbonyl (C=O) groups excluding carboxylic acids is 1. The van der Waals surface area contributed by atoms with Crippen molar-refractivity contribution in [1.29, 1.82) is 0 Å². The van der Waals surface area contributed by atoms with Crippen LogP contribution >= 0.6 is 11.3 Å². The maximum absolute atomic E-state index is 12.3. The minimum absolute atomic E-state index is 0.109. The number of fused-ring (bicyclic) bond motifs is 1. The summed E-state index contributed by atoms with van der Waals surface area (Å²) in [5.74, 6) is -0.109. The lowest BCUT2D eigenvalue weighted by Gasteiger charge is -2.03. The van der Waals surface area contributed by atoms with E-state index in [0.717, 1.165) is 16.6 Å². The highest BCUT2D eigenvalue weighted by molar-refractivity contribution is 7.22. The standard InChI is InChI=1S/C19H20N2OS/c1-3-4-5-14-7-9-15(10-8-14)18(22)21-19-20-16-11-6-13(2)12-17(16)23-19/h6-12H,3-5H2,1-2H3,(H,20,21,22). The van der Waals surface area contributed by atoms with E-state index in [1.54, 1.807) is 0 Å². The number of carbonyl (C=O) groups is 1. The molecule has 1 heterocycles. The van der Waals surface area contributed by atoms with Gasteiger partial charge in [-0.1, -0.05) is 42.9 Å². The number of rotatable bonds is 5. The van der Waals surface area contributed by atoms with Crippen LogP contribution in [0.5, 0.6) is 0 Å². The van der Waals surface area contributed by atoms with E-state index in [1.807, 2.05) is 36.4 Å². The molecule has 0 unspecified atom stereocenters. The van der Waals surface area contributed by atoms with Gasteiger partial charge in [0.2, 0.25) is 0 Å². The van der Waals surface area contributed by atoms with Crippen molar-refractivity contribution in [3.05, 3.63) is 59.2 Å². The summed E-state index contributed by atoms with van der Waals surface area (Å²) in [5.41, 5.74) is 4.06. The molecular weight excluding hydrogens is 304 g/mol. The summed E-state index contributed by atoms with van der Waals surface area (Å²) in [6.07, 6.45) is 3.42. The summed E-state index contributed by atoms with van der Waals surface area (Å²) < 4.78 is 1.09. The Morgan fingerprint density at radius 3 is 2.70 bits per heavy atom. The average Bonchev–Trinajstić information content (AvgIpc) is 2.94. The molecule has 3 nitrogen and oxygen atoms in total. The second kappa shape index (κ2) is 6.92. The third-order valence-corrected chi connectivity index (χ3v) is 4.73. The van der Waals surface area contributed by atoms with Crippen molar-refractivity contribution in [2.24, 2.45) is 0 Å². The van der Waals surface area contributed by atoms with Gasteiger partial charge in [-0.25, -0.2) is 4.98 Å². The van der Waals surface area contributed by atoms with Gasteiger partial charge in [-0.2, -0.15) is 0 Å². The normalized spacial score (nSPS) is 10.9. The molecule has 3 rings (SSSR count). The van der Waals surface area contributed by atoms with E-state index in [9.17, 15) is 4.79 Å². The van der Waals surface area contributed by atoms with Gasteiger partial charge in [0.1, 0.15) is 0 Å². The Bertz CT molecular complexity index is 821. The number of nitrogens with one attached hydrogen (secondary N) is 1. The van der Waals surface area contributed by atoms with Crippen LogP contribution in [0.3, 0.4) is 0 Å². The third-order valence-electron chi connectivity index (χ3n) is 3.80. The van der Waals surface area contributed by atoms with Gasteiger partial charge in [0.25, 0.3) is 5.91 Å². The quantitative estimate of drug-likeness (QED) is 0.701. The number of hydrogen-bond donors (Lipinski definition) is 1. The van der Waals surface area contributed by atoms with Gasteiger partial charge in [-0.15, -0.1) is 0 Å². The monoisotopic (exact) mass is 324 g/mol. The van der Waals surface area contributed by atoms with Crippen molar-refractivity contribution in [2.75, 3.05) is 5.32 Å². The molecule has 4 heteroatoms. The molecule has 0 atom stereocenters. The molecule has 0 fully saturated rings. The number of aryl methyl sites for hydroxylation is 2. The molecule has 0 spiro atoms. The molecule has 3 aromatic rings. The summed E-state index contributed by atoms with van der Waals surface area (Å²) in [6.45, 7) is 4.23. The Morgan fingerprint density at radius 1 is 1.17 bits per heavy atom. The van der Waals surface area contributed by atoms with Crippen LogP contribution in [-0.2, 0) is 6.42 Å². The Morgan fingerprint density at radius 2 is 1.96 bits per heavy atom. The Kier molecular flexibility index (Phi) is 4.72. The van der Waals surface area contributed by atoms with Crippen molar-refractivity contribution in [3.63, 3.8) is 0 Å². The minimum Gasteiger partial charge on any atom is -0.298 e. The molecular formula is C19H20N2OS. The van der Waals surface area contributed by atoms with Crippen molar-refractivity contribution >= 4 is 32.6 Å². The zero-order chi connectivity index (χ0) is 16.2. The lowest BCUT2D eigenvalue weighted by molar-refractivity contribution is 0.102. The fourth-order valence-electron chi connectivity index (χ4n) is 2.46. The number of amides is 1. The molecule has 23 heavy (non-hydrogen) atoms. The number of anilines is 1. The average molecular weight is 324 g/mol. The van der Waals surface area contributed by atoms with E-state index in [0.29, 0.717) is 10.7 Å². The van der Waals surface area contributed by atoms with Gasteiger partial charge in [0, 0.05) is 5.56 Å².